The van der Waals surface area contributed by atoms with Gasteiger partial charge in [-0.1, -0.05) is 60.7 Å². The van der Waals surface area contributed by atoms with Crippen molar-refractivity contribution in [2.45, 2.75) is 39.0 Å². The third kappa shape index (κ3) is 6.55. The Morgan fingerprint density at radius 2 is 1.70 bits per heavy atom. The van der Waals surface area contributed by atoms with E-state index >= 15 is 0 Å². The van der Waals surface area contributed by atoms with Crippen LogP contribution >= 0.6 is 0 Å². The van der Waals surface area contributed by atoms with Crippen LogP contribution in [0.5, 0.6) is 0 Å². The predicted octanol–water partition coefficient (Wildman–Crippen LogP) is 5.75. The molecule has 0 saturated carbocycles. The van der Waals surface area contributed by atoms with E-state index in [4.69, 9.17) is 4.98 Å². The number of aryl methyl sites for hydroxylation is 1. The summed E-state index contributed by atoms with van der Waals surface area (Å²) in [6.07, 6.45) is 8.13. The molecule has 0 atom stereocenters. The van der Waals surface area contributed by atoms with Crippen molar-refractivity contribution in [3.63, 3.8) is 0 Å². The van der Waals surface area contributed by atoms with Crippen molar-refractivity contribution in [2.24, 2.45) is 5.92 Å². The Kier molecular flexibility index (Phi) is 7.81. The van der Waals surface area contributed by atoms with E-state index < -0.39 is 0 Å². The van der Waals surface area contributed by atoms with Crippen molar-refractivity contribution in [2.75, 3.05) is 20.1 Å². The second-order valence-corrected chi connectivity index (χ2v) is 10.2. The number of benzene rings is 2. The second-order valence-electron chi connectivity index (χ2n) is 10.2. The van der Waals surface area contributed by atoms with E-state index in [1.807, 2.05) is 61.7 Å². The van der Waals surface area contributed by atoms with E-state index in [-0.39, 0.29) is 5.78 Å². The number of carbonyl (C=O) groups is 1. The minimum atomic E-state index is 0.116. The molecule has 5 rings (SSSR count). The van der Waals surface area contributed by atoms with Crippen molar-refractivity contribution in [1.29, 1.82) is 0 Å². The standard InChI is InChI=1S/C32H34N4O/c1-23-29(21-32-33-15-12-30(35-32)27-6-4-3-5-7-27)19-26(22-34-23)20-31(37)28-10-8-24(9-11-28)18-25-13-16-36(2)17-14-25/h3-12,15,19,22,25H,13-14,16-18,20-21H2,1-2H3. The van der Waals surface area contributed by atoms with Crippen molar-refractivity contribution >= 4 is 5.78 Å². The summed E-state index contributed by atoms with van der Waals surface area (Å²) in [6, 6.07) is 22.3. The molecule has 1 aliphatic heterocycles. The molecule has 0 unspecified atom stereocenters. The van der Waals surface area contributed by atoms with Crippen molar-refractivity contribution in [3.05, 3.63) is 113 Å². The van der Waals surface area contributed by atoms with E-state index in [0.29, 0.717) is 12.8 Å². The van der Waals surface area contributed by atoms with E-state index in [1.165, 1.54) is 31.5 Å². The van der Waals surface area contributed by atoms with Crippen LogP contribution in [0.3, 0.4) is 0 Å². The molecule has 5 nitrogen and oxygen atoms in total. The average molecular weight is 491 g/mol. The number of piperidine rings is 1. The highest BCUT2D eigenvalue weighted by Gasteiger charge is 2.17. The number of carbonyl (C=O) groups excluding carboxylic acids is 1. The number of rotatable bonds is 8. The molecule has 4 aromatic rings. The zero-order valence-electron chi connectivity index (χ0n) is 21.7. The summed E-state index contributed by atoms with van der Waals surface area (Å²) < 4.78 is 0. The van der Waals surface area contributed by atoms with Crippen LogP contribution in [0, 0.1) is 12.8 Å². The normalized spacial score (nSPS) is 14.5. The van der Waals surface area contributed by atoms with E-state index in [9.17, 15) is 4.79 Å². The van der Waals surface area contributed by atoms with Gasteiger partial charge in [0.25, 0.3) is 0 Å². The number of nitrogens with zero attached hydrogens (tertiary/aromatic N) is 4. The molecule has 0 N–H and O–H groups in total. The fourth-order valence-electron chi connectivity index (χ4n) is 5.04. The van der Waals surface area contributed by atoms with Crippen LogP contribution in [0.2, 0.25) is 0 Å². The fraction of sp³-hybridized carbons (Fsp3) is 0.312. The lowest BCUT2D eigenvalue weighted by Crippen LogP contribution is -2.30. The third-order valence-electron chi connectivity index (χ3n) is 7.38. The maximum atomic E-state index is 13.0. The van der Waals surface area contributed by atoms with Gasteiger partial charge in [0.15, 0.2) is 5.78 Å². The first-order valence-corrected chi connectivity index (χ1v) is 13.2. The quantitative estimate of drug-likeness (QED) is 0.295. The fourth-order valence-corrected chi connectivity index (χ4v) is 5.04. The number of likely N-dealkylation sites (tertiary alicyclic amines) is 1. The molecule has 1 aliphatic rings. The van der Waals surface area contributed by atoms with Crippen LogP contribution in [0.4, 0.5) is 0 Å². The summed E-state index contributed by atoms with van der Waals surface area (Å²) in [5.74, 6) is 1.60. The highest BCUT2D eigenvalue weighted by atomic mass is 16.1. The Bertz CT molecular complexity index is 1340. The summed E-state index contributed by atoms with van der Waals surface area (Å²) in [6.45, 7) is 4.35. The molecule has 3 heterocycles. The molecule has 0 spiro atoms. The maximum absolute atomic E-state index is 13.0. The van der Waals surface area contributed by atoms with Crippen LogP contribution in [-0.4, -0.2) is 45.8 Å². The van der Waals surface area contributed by atoms with E-state index in [1.54, 1.807) is 6.20 Å². The number of pyridine rings is 1. The molecule has 2 aromatic carbocycles. The zero-order valence-corrected chi connectivity index (χ0v) is 21.7. The number of aromatic nitrogens is 3. The first-order valence-electron chi connectivity index (χ1n) is 13.2. The Hall–Kier alpha value is -3.70. The minimum absolute atomic E-state index is 0.116. The van der Waals surface area contributed by atoms with Gasteiger partial charge < -0.3 is 4.90 Å². The molecule has 0 radical (unpaired) electrons. The maximum Gasteiger partial charge on any atom is 0.167 e. The molecule has 1 saturated heterocycles. The monoisotopic (exact) mass is 490 g/mol. The highest BCUT2D eigenvalue weighted by Crippen LogP contribution is 2.22. The molecule has 0 aliphatic carbocycles. The SMILES string of the molecule is Cc1ncc(CC(=O)c2ccc(CC3CCN(C)CC3)cc2)cc1Cc1nccc(-c2ccccc2)n1. The van der Waals surface area contributed by atoms with Gasteiger partial charge in [-0.05, 0) is 75.0 Å². The molecular formula is C32H34N4O. The van der Waals surface area contributed by atoms with Crippen molar-refractivity contribution < 1.29 is 4.79 Å². The van der Waals surface area contributed by atoms with Gasteiger partial charge >= 0.3 is 0 Å². The minimum Gasteiger partial charge on any atom is -0.306 e. The summed E-state index contributed by atoms with van der Waals surface area (Å²) in [5.41, 5.74) is 6.95. The van der Waals surface area contributed by atoms with Crippen molar-refractivity contribution in [1.82, 2.24) is 19.9 Å². The van der Waals surface area contributed by atoms with Crippen LogP contribution < -0.4 is 0 Å². The van der Waals surface area contributed by atoms with Gasteiger partial charge in [0.2, 0.25) is 0 Å². The summed E-state index contributed by atoms with van der Waals surface area (Å²) in [7, 11) is 2.19. The zero-order chi connectivity index (χ0) is 25.6. The smallest absolute Gasteiger partial charge is 0.167 e. The Labute approximate surface area is 219 Å². The Balaban J connectivity index is 1.24. The number of hydrogen-bond donors (Lipinski definition) is 0. The number of Topliss-reactive ketones (excluding diaryl/α,β-unsaturated/α-hetero) is 1. The molecule has 188 valence electrons. The lowest BCUT2D eigenvalue weighted by molar-refractivity contribution is 0.0993. The van der Waals surface area contributed by atoms with Crippen LogP contribution in [0.15, 0.2) is 79.1 Å². The van der Waals surface area contributed by atoms with Crippen LogP contribution in [0.25, 0.3) is 11.3 Å². The lowest BCUT2D eigenvalue weighted by Gasteiger charge is -2.28. The lowest BCUT2D eigenvalue weighted by atomic mass is 9.90. The van der Waals surface area contributed by atoms with Crippen LogP contribution in [-0.2, 0) is 19.3 Å². The summed E-state index contributed by atoms with van der Waals surface area (Å²) in [5, 5.41) is 0. The molecule has 0 amide bonds. The third-order valence-corrected chi connectivity index (χ3v) is 7.38. The topological polar surface area (TPSA) is 59.0 Å². The molecule has 5 heteroatoms. The molecule has 1 fully saturated rings. The van der Waals surface area contributed by atoms with Gasteiger partial charge in [0.05, 0.1) is 5.69 Å². The van der Waals surface area contributed by atoms with E-state index in [2.05, 4.69) is 40.1 Å². The Morgan fingerprint density at radius 3 is 2.46 bits per heavy atom. The predicted molar refractivity (Wildman–Crippen MR) is 148 cm³/mol. The summed E-state index contributed by atoms with van der Waals surface area (Å²) >= 11 is 0. The highest BCUT2D eigenvalue weighted by molar-refractivity contribution is 5.97. The molecule has 0 bridgehead atoms. The van der Waals surface area contributed by atoms with Gasteiger partial charge in [0, 0.05) is 42.1 Å². The second kappa shape index (κ2) is 11.6. The molecular weight excluding hydrogens is 456 g/mol. The van der Waals surface area contributed by atoms with E-state index in [0.717, 1.165) is 51.8 Å². The largest absolute Gasteiger partial charge is 0.306 e. The molecule has 37 heavy (non-hydrogen) atoms. The first-order chi connectivity index (χ1) is 18.0. The first kappa shape index (κ1) is 25.0. The van der Waals surface area contributed by atoms with Crippen LogP contribution in [0.1, 0.15) is 51.4 Å². The van der Waals surface area contributed by atoms with Crippen molar-refractivity contribution in [3.8, 4) is 11.3 Å². The summed E-state index contributed by atoms with van der Waals surface area (Å²) in [4.78, 5) is 29.3. The number of ketones is 1. The molecule has 2 aromatic heterocycles. The van der Waals surface area contributed by atoms with Gasteiger partial charge in [-0.15, -0.1) is 0 Å². The van der Waals surface area contributed by atoms with Gasteiger partial charge in [-0.3, -0.25) is 9.78 Å². The Morgan fingerprint density at radius 1 is 0.946 bits per heavy atom. The van der Waals surface area contributed by atoms with Gasteiger partial charge in [-0.25, -0.2) is 9.97 Å². The average Bonchev–Trinajstić information content (AvgIpc) is 2.93. The number of hydrogen-bond acceptors (Lipinski definition) is 5. The van der Waals surface area contributed by atoms with Gasteiger partial charge in [-0.2, -0.15) is 0 Å². The van der Waals surface area contributed by atoms with Gasteiger partial charge in [0.1, 0.15) is 5.82 Å².